The summed E-state index contributed by atoms with van der Waals surface area (Å²) >= 11 is 0. The molecule has 0 unspecified atom stereocenters. The van der Waals surface area contributed by atoms with Crippen LogP contribution in [0.2, 0.25) is 0 Å². The van der Waals surface area contributed by atoms with Gasteiger partial charge in [-0.25, -0.2) is 0 Å². The Bertz CT molecular complexity index is 1270. The van der Waals surface area contributed by atoms with Gasteiger partial charge in [0.1, 0.15) is 0 Å². The van der Waals surface area contributed by atoms with Crippen molar-refractivity contribution in [2.45, 2.75) is 0 Å². The Balaban J connectivity index is 1.91. The van der Waals surface area contributed by atoms with E-state index in [9.17, 15) is 10.2 Å². The number of rotatable bonds is 0. The minimum absolute atomic E-state index is 0.0620. The van der Waals surface area contributed by atoms with Gasteiger partial charge in [0.2, 0.25) is 0 Å². The van der Waals surface area contributed by atoms with Gasteiger partial charge in [-0.05, 0) is 80.2 Å². The molecule has 0 saturated heterocycles. The summed E-state index contributed by atoms with van der Waals surface area (Å²) in [6.45, 7) is 0. The molecule has 24 heavy (non-hydrogen) atoms. The fourth-order valence-electron chi connectivity index (χ4n) is 3.49. The van der Waals surface area contributed by atoms with Crippen LogP contribution < -0.4 is 0 Å². The first-order chi connectivity index (χ1) is 11.7. The zero-order valence-corrected chi connectivity index (χ0v) is 12.8. The summed E-state index contributed by atoms with van der Waals surface area (Å²) in [4.78, 5) is 0. The Hall–Kier alpha value is -3.26. The lowest BCUT2D eigenvalue weighted by Gasteiger charge is -2.08. The average molecular weight is 310 g/mol. The van der Waals surface area contributed by atoms with E-state index in [0.29, 0.717) is 5.39 Å². The van der Waals surface area contributed by atoms with Crippen molar-refractivity contribution >= 4 is 43.1 Å². The Morgan fingerprint density at radius 1 is 0.458 bits per heavy atom. The van der Waals surface area contributed by atoms with E-state index in [4.69, 9.17) is 0 Å². The summed E-state index contributed by atoms with van der Waals surface area (Å²) in [6, 6.07) is 24.4. The van der Waals surface area contributed by atoms with E-state index in [0.717, 1.165) is 16.2 Å². The number of phenols is 2. The van der Waals surface area contributed by atoms with Gasteiger partial charge in [-0.2, -0.15) is 0 Å². The molecule has 5 aromatic carbocycles. The average Bonchev–Trinajstić information content (AvgIpc) is 2.60. The number of hydrogen-bond donors (Lipinski definition) is 2. The summed E-state index contributed by atoms with van der Waals surface area (Å²) in [5, 5.41) is 28.4. The molecule has 0 aliphatic carbocycles. The first kappa shape index (κ1) is 13.2. The molecule has 2 N–H and O–H groups in total. The molecule has 2 nitrogen and oxygen atoms in total. The highest BCUT2D eigenvalue weighted by Crippen LogP contribution is 2.37. The largest absolute Gasteiger partial charge is 0.504 e. The van der Waals surface area contributed by atoms with Crippen LogP contribution >= 0.6 is 0 Å². The quantitative estimate of drug-likeness (QED) is 0.284. The molecule has 0 fully saturated rings. The van der Waals surface area contributed by atoms with Crippen LogP contribution in [0.15, 0.2) is 72.8 Å². The second-order valence-electron chi connectivity index (χ2n) is 6.25. The lowest BCUT2D eigenvalue weighted by molar-refractivity contribution is 0.408. The van der Waals surface area contributed by atoms with Crippen molar-refractivity contribution in [3.05, 3.63) is 72.8 Å². The molecule has 0 aliphatic rings. The lowest BCUT2D eigenvalue weighted by Crippen LogP contribution is -1.81. The van der Waals surface area contributed by atoms with E-state index in [1.807, 2.05) is 18.2 Å². The Morgan fingerprint density at radius 2 is 0.958 bits per heavy atom. The first-order valence-corrected chi connectivity index (χ1v) is 7.90. The van der Waals surface area contributed by atoms with Gasteiger partial charge in [-0.15, -0.1) is 0 Å². The van der Waals surface area contributed by atoms with Crippen molar-refractivity contribution in [3.63, 3.8) is 0 Å². The van der Waals surface area contributed by atoms with Gasteiger partial charge in [0.05, 0.1) is 0 Å². The van der Waals surface area contributed by atoms with Gasteiger partial charge in [-0.1, -0.05) is 30.3 Å². The Morgan fingerprint density at radius 3 is 1.58 bits per heavy atom. The number of aromatic hydroxyl groups is 2. The van der Waals surface area contributed by atoms with Crippen LogP contribution in [0.25, 0.3) is 43.1 Å². The van der Waals surface area contributed by atoms with Crippen LogP contribution in [0, 0.1) is 0 Å². The number of hydrogen-bond acceptors (Lipinski definition) is 2. The van der Waals surface area contributed by atoms with Gasteiger partial charge in [0.15, 0.2) is 11.5 Å². The predicted molar refractivity (Wildman–Crippen MR) is 99.8 cm³/mol. The van der Waals surface area contributed by atoms with Crippen LogP contribution in [0.1, 0.15) is 0 Å². The van der Waals surface area contributed by atoms with E-state index < -0.39 is 0 Å². The molecule has 0 aromatic heterocycles. The highest BCUT2D eigenvalue weighted by atomic mass is 16.3. The first-order valence-electron chi connectivity index (χ1n) is 7.90. The van der Waals surface area contributed by atoms with Crippen molar-refractivity contribution < 1.29 is 10.2 Å². The normalized spacial score (nSPS) is 11.7. The van der Waals surface area contributed by atoms with Crippen LogP contribution in [-0.2, 0) is 0 Å². The molecule has 0 heterocycles. The third-order valence-electron chi connectivity index (χ3n) is 4.75. The Labute approximate surface area is 138 Å². The van der Waals surface area contributed by atoms with E-state index in [1.165, 1.54) is 27.6 Å². The van der Waals surface area contributed by atoms with Crippen molar-refractivity contribution in [2.24, 2.45) is 0 Å². The number of phenolic OH excluding ortho intramolecular Hbond substituents is 2. The zero-order valence-electron chi connectivity index (χ0n) is 12.8. The van der Waals surface area contributed by atoms with Gasteiger partial charge < -0.3 is 10.2 Å². The smallest absolute Gasteiger partial charge is 0.165 e. The third kappa shape index (κ3) is 1.83. The fraction of sp³-hybridized carbons (Fsp3) is 0. The van der Waals surface area contributed by atoms with Crippen LogP contribution in [0.4, 0.5) is 0 Å². The van der Waals surface area contributed by atoms with Crippen LogP contribution in [0.3, 0.4) is 0 Å². The maximum absolute atomic E-state index is 10.1. The van der Waals surface area contributed by atoms with Crippen molar-refractivity contribution in [2.75, 3.05) is 0 Å². The van der Waals surface area contributed by atoms with Crippen LogP contribution in [0.5, 0.6) is 11.5 Å². The summed E-state index contributed by atoms with van der Waals surface area (Å²) in [7, 11) is 0. The molecular weight excluding hydrogens is 296 g/mol. The van der Waals surface area contributed by atoms with E-state index in [1.54, 1.807) is 0 Å². The van der Waals surface area contributed by atoms with Crippen molar-refractivity contribution in [1.29, 1.82) is 0 Å². The standard InChI is InChI=1S/C22H14O2/c23-21-6-5-15-9-18-10-16-7-13-3-1-2-4-14(13)8-17(16)11-19(18)12-20(15)22(21)24/h1-12,23-24H. The fourth-order valence-corrected chi connectivity index (χ4v) is 3.49. The van der Waals surface area contributed by atoms with Gasteiger partial charge in [-0.3, -0.25) is 0 Å². The molecule has 0 spiro atoms. The molecule has 0 atom stereocenters. The van der Waals surface area contributed by atoms with Crippen LogP contribution in [-0.4, -0.2) is 10.2 Å². The molecule has 0 bridgehead atoms. The van der Waals surface area contributed by atoms with Gasteiger partial charge in [0.25, 0.3) is 0 Å². The minimum atomic E-state index is -0.0892. The maximum atomic E-state index is 10.1. The molecule has 0 radical (unpaired) electrons. The molecule has 5 rings (SSSR count). The minimum Gasteiger partial charge on any atom is -0.504 e. The molecule has 0 saturated carbocycles. The molecule has 0 aliphatic heterocycles. The van der Waals surface area contributed by atoms with E-state index in [2.05, 4.69) is 48.5 Å². The third-order valence-corrected chi connectivity index (χ3v) is 4.75. The van der Waals surface area contributed by atoms with Crippen molar-refractivity contribution in [3.8, 4) is 11.5 Å². The zero-order chi connectivity index (χ0) is 16.3. The molecule has 2 heteroatoms. The van der Waals surface area contributed by atoms with E-state index >= 15 is 0 Å². The Kier molecular flexibility index (Phi) is 2.54. The monoisotopic (exact) mass is 310 g/mol. The second kappa shape index (κ2) is 4.62. The highest BCUT2D eigenvalue weighted by molar-refractivity contribution is 6.09. The predicted octanol–water partition coefficient (Wildman–Crippen LogP) is 5.71. The van der Waals surface area contributed by atoms with E-state index in [-0.39, 0.29) is 11.5 Å². The summed E-state index contributed by atoms with van der Waals surface area (Å²) in [6.07, 6.45) is 0. The molecule has 114 valence electrons. The maximum Gasteiger partial charge on any atom is 0.165 e. The van der Waals surface area contributed by atoms with Crippen molar-refractivity contribution in [1.82, 2.24) is 0 Å². The summed E-state index contributed by atoms with van der Waals surface area (Å²) < 4.78 is 0. The summed E-state index contributed by atoms with van der Waals surface area (Å²) in [5.74, 6) is -0.151. The number of fused-ring (bicyclic) bond motifs is 4. The highest BCUT2D eigenvalue weighted by Gasteiger charge is 2.08. The molecule has 5 aromatic rings. The second-order valence-corrected chi connectivity index (χ2v) is 6.25. The molecule has 0 amide bonds. The topological polar surface area (TPSA) is 40.5 Å². The van der Waals surface area contributed by atoms with Gasteiger partial charge in [0, 0.05) is 5.39 Å². The summed E-state index contributed by atoms with van der Waals surface area (Å²) in [5.41, 5.74) is 0. The van der Waals surface area contributed by atoms with Gasteiger partial charge >= 0.3 is 0 Å². The molecular formula is C22H14O2. The number of benzene rings is 5. The SMILES string of the molecule is Oc1ccc2cc3cc4cc5ccccc5cc4cc3cc2c1O. The lowest BCUT2D eigenvalue weighted by atomic mass is 9.97.